The lowest BCUT2D eigenvalue weighted by Crippen LogP contribution is -2.32. The largest absolute Gasteiger partial charge is 0.269 e. The maximum absolute atomic E-state index is 12.4. The van der Waals surface area contributed by atoms with Crippen LogP contribution in [-0.4, -0.2) is 3.96 Å². The fourth-order valence-electron chi connectivity index (χ4n) is 2.28. The predicted octanol–water partition coefficient (Wildman–Crippen LogP) is 4.38. The second-order valence-corrected chi connectivity index (χ2v) is 6.44. The first-order chi connectivity index (χ1) is 8.56. The SMILES string of the molecule is CCCCCC(C)(C)n1sc2ccccc2c1=O. The average Bonchev–Trinajstić information content (AvgIpc) is 2.69. The van der Waals surface area contributed by atoms with Crippen molar-refractivity contribution in [3.8, 4) is 0 Å². The summed E-state index contributed by atoms with van der Waals surface area (Å²) in [6.45, 7) is 6.54. The smallest absolute Gasteiger partial charge is 0.268 e. The van der Waals surface area contributed by atoms with Crippen LogP contribution in [0, 0.1) is 0 Å². The second kappa shape index (κ2) is 5.27. The summed E-state index contributed by atoms with van der Waals surface area (Å²) >= 11 is 1.59. The normalized spacial score (nSPS) is 12.2. The molecule has 0 bridgehead atoms. The second-order valence-electron chi connectivity index (χ2n) is 5.46. The Kier molecular flexibility index (Phi) is 3.91. The third-order valence-corrected chi connectivity index (χ3v) is 4.83. The van der Waals surface area contributed by atoms with Gasteiger partial charge in [0.25, 0.3) is 5.56 Å². The molecule has 3 heteroatoms. The van der Waals surface area contributed by atoms with Crippen molar-refractivity contribution in [3.63, 3.8) is 0 Å². The highest BCUT2D eigenvalue weighted by atomic mass is 32.1. The Labute approximate surface area is 112 Å². The molecule has 98 valence electrons. The number of rotatable bonds is 5. The Morgan fingerprint density at radius 3 is 2.61 bits per heavy atom. The standard InChI is InChI=1S/C15H21NOS/c1-4-5-8-11-15(2,3)16-14(17)12-9-6-7-10-13(12)18-16/h6-7,9-10H,4-5,8,11H2,1-3H3. The van der Waals surface area contributed by atoms with E-state index in [1.54, 1.807) is 11.5 Å². The Balaban J connectivity index is 2.35. The van der Waals surface area contributed by atoms with Crippen LogP contribution in [0.2, 0.25) is 0 Å². The van der Waals surface area contributed by atoms with Crippen LogP contribution in [0.15, 0.2) is 29.1 Å². The van der Waals surface area contributed by atoms with E-state index in [9.17, 15) is 4.79 Å². The van der Waals surface area contributed by atoms with Crippen molar-refractivity contribution < 1.29 is 0 Å². The summed E-state index contributed by atoms with van der Waals surface area (Å²) in [7, 11) is 0. The molecule has 2 aromatic rings. The zero-order valence-electron chi connectivity index (χ0n) is 11.4. The molecular weight excluding hydrogens is 242 g/mol. The monoisotopic (exact) mass is 263 g/mol. The molecule has 0 atom stereocenters. The molecule has 0 unspecified atom stereocenters. The van der Waals surface area contributed by atoms with Crippen molar-refractivity contribution >= 4 is 21.6 Å². The Bertz CT molecular complexity index is 579. The van der Waals surface area contributed by atoms with E-state index in [1.165, 1.54) is 19.3 Å². The third kappa shape index (κ3) is 2.51. The molecule has 0 saturated carbocycles. The molecule has 0 amide bonds. The number of fused-ring (bicyclic) bond motifs is 1. The van der Waals surface area contributed by atoms with Gasteiger partial charge in [0, 0.05) is 0 Å². The molecule has 0 aliphatic heterocycles. The van der Waals surface area contributed by atoms with Crippen LogP contribution >= 0.6 is 11.5 Å². The first-order valence-corrected chi connectivity index (χ1v) is 7.45. The lowest BCUT2D eigenvalue weighted by Gasteiger charge is -2.24. The minimum Gasteiger partial charge on any atom is -0.268 e. The van der Waals surface area contributed by atoms with Crippen LogP contribution in [0.25, 0.3) is 10.1 Å². The van der Waals surface area contributed by atoms with Gasteiger partial charge < -0.3 is 0 Å². The Morgan fingerprint density at radius 2 is 1.94 bits per heavy atom. The molecule has 2 nitrogen and oxygen atoms in total. The average molecular weight is 263 g/mol. The van der Waals surface area contributed by atoms with Crippen molar-refractivity contribution in [2.75, 3.05) is 0 Å². The van der Waals surface area contributed by atoms with Gasteiger partial charge in [-0.3, -0.25) is 8.75 Å². The Hall–Kier alpha value is -1.09. The summed E-state index contributed by atoms with van der Waals surface area (Å²) in [5.74, 6) is 0. The molecule has 0 aliphatic carbocycles. The van der Waals surface area contributed by atoms with Crippen LogP contribution in [0.1, 0.15) is 46.5 Å². The minimum atomic E-state index is -0.0735. The summed E-state index contributed by atoms with van der Waals surface area (Å²) in [5, 5.41) is 0.853. The quantitative estimate of drug-likeness (QED) is 0.734. The van der Waals surface area contributed by atoms with Crippen molar-refractivity contribution in [3.05, 3.63) is 34.6 Å². The van der Waals surface area contributed by atoms with E-state index in [2.05, 4.69) is 20.8 Å². The Morgan fingerprint density at radius 1 is 1.22 bits per heavy atom. The van der Waals surface area contributed by atoms with Gasteiger partial charge in [0.1, 0.15) is 0 Å². The molecule has 0 spiro atoms. The first-order valence-electron chi connectivity index (χ1n) is 6.68. The molecule has 2 rings (SSSR count). The zero-order valence-corrected chi connectivity index (χ0v) is 12.2. The van der Waals surface area contributed by atoms with E-state index in [0.717, 1.165) is 16.5 Å². The maximum Gasteiger partial charge on any atom is 0.269 e. The van der Waals surface area contributed by atoms with Crippen LogP contribution < -0.4 is 5.56 Å². The summed E-state index contributed by atoms with van der Waals surface area (Å²) in [5.41, 5.74) is 0.0905. The maximum atomic E-state index is 12.4. The van der Waals surface area contributed by atoms with E-state index in [0.29, 0.717) is 0 Å². The van der Waals surface area contributed by atoms with Crippen molar-refractivity contribution in [1.29, 1.82) is 0 Å². The number of nitrogens with zero attached hydrogens (tertiary/aromatic N) is 1. The van der Waals surface area contributed by atoms with Crippen LogP contribution in [0.4, 0.5) is 0 Å². The minimum absolute atomic E-state index is 0.0735. The van der Waals surface area contributed by atoms with Gasteiger partial charge >= 0.3 is 0 Å². The van der Waals surface area contributed by atoms with Gasteiger partial charge in [-0.05, 0) is 32.4 Å². The van der Waals surface area contributed by atoms with Crippen LogP contribution in [0.3, 0.4) is 0 Å². The van der Waals surface area contributed by atoms with Gasteiger partial charge in [0.2, 0.25) is 0 Å². The number of unbranched alkanes of at least 4 members (excludes halogenated alkanes) is 2. The highest BCUT2D eigenvalue weighted by Crippen LogP contribution is 2.27. The topological polar surface area (TPSA) is 22.0 Å². The molecule has 1 heterocycles. The van der Waals surface area contributed by atoms with Crippen molar-refractivity contribution in [2.45, 2.75) is 52.0 Å². The molecule has 0 aliphatic rings. The molecule has 1 aromatic carbocycles. The van der Waals surface area contributed by atoms with E-state index in [4.69, 9.17) is 0 Å². The fraction of sp³-hybridized carbons (Fsp3) is 0.533. The van der Waals surface area contributed by atoms with Gasteiger partial charge in [0.15, 0.2) is 0 Å². The third-order valence-electron chi connectivity index (χ3n) is 3.43. The molecule has 0 radical (unpaired) electrons. The highest BCUT2D eigenvalue weighted by Gasteiger charge is 2.23. The lowest BCUT2D eigenvalue weighted by atomic mass is 9.97. The predicted molar refractivity (Wildman–Crippen MR) is 79.5 cm³/mol. The number of aromatic nitrogens is 1. The van der Waals surface area contributed by atoms with E-state index < -0.39 is 0 Å². The van der Waals surface area contributed by atoms with E-state index >= 15 is 0 Å². The summed E-state index contributed by atoms with van der Waals surface area (Å²) in [6, 6.07) is 7.88. The van der Waals surface area contributed by atoms with Crippen molar-refractivity contribution in [1.82, 2.24) is 3.96 Å². The summed E-state index contributed by atoms with van der Waals surface area (Å²) in [4.78, 5) is 12.4. The molecule has 0 saturated heterocycles. The van der Waals surface area contributed by atoms with Crippen LogP contribution in [0.5, 0.6) is 0 Å². The van der Waals surface area contributed by atoms with Gasteiger partial charge in [-0.2, -0.15) is 0 Å². The summed E-state index contributed by atoms with van der Waals surface area (Å²) in [6.07, 6.45) is 4.71. The van der Waals surface area contributed by atoms with Gasteiger partial charge in [-0.25, -0.2) is 0 Å². The molecule has 18 heavy (non-hydrogen) atoms. The summed E-state index contributed by atoms with van der Waals surface area (Å²) < 4.78 is 3.04. The van der Waals surface area contributed by atoms with E-state index in [-0.39, 0.29) is 11.1 Å². The number of hydrogen-bond donors (Lipinski definition) is 0. The molecule has 0 fully saturated rings. The fourth-order valence-corrected chi connectivity index (χ4v) is 3.39. The number of hydrogen-bond acceptors (Lipinski definition) is 2. The van der Waals surface area contributed by atoms with Gasteiger partial charge in [-0.1, -0.05) is 49.9 Å². The van der Waals surface area contributed by atoms with Gasteiger partial charge in [-0.15, -0.1) is 0 Å². The zero-order chi connectivity index (χ0) is 13.2. The highest BCUT2D eigenvalue weighted by molar-refractivity contribution is 7.13. The van der Waals surface area contributed by atoms with Gasteiger partial charge in [0.05, 0.1) is 15.6 Å². The lowest BCUT2D eigenvalue weighted by molar-refractivity contribution is 0.332. The van der Waals surface area contributed by atoms with E-state index in [1.807, 2.05) is 28.2 Å². The van der Waals surface area contributed by atoms with Crippen LogP contribution in [-0.2, 0) is 5.54 Å². The molecular formula is C15H21NOS. The molecule has 0 N–H and O–H groups in total. The number of benzene rings is 1. The first kappa shape index (κ1) is 13.3. The van der Waals surface area contributed by atoms with Crippen molar-refractivity contribution in [2.24, 2.45) is 0 Å². The molecule has 1 aromatic heterocycles.